The summed E-state index contributed by atoms with van der Waals surface area (Å²) in [6, 6.07) is 17.9. The molecule has 0 saturated carbocycles. The van der Waals surface area contributed by atoms with Crippen LogP contribution in [0.4, 0.5) is 11.5 Å². The summed E-state index contributed by atoms with van der Waals surface area (Å²) in [6.45, 7) is 2.80. The molecule has 4 rings (SSSR count). The van der Waals surface area contributed by atoms with Crippen LogP contribution in [0.3, 0.4) is 0 Å². The number of rotatable bonds is 9. The van der Waals surface area contributed by atoms with Crippen molar-refractivity contribution < 1.29 is 18.8 Å². The monoisotopic (exact) mass is 510 g/mol. The maximum absolute atomic E-state index is 12.7. The van der Waals surface area contributed by atoms with Crippen LogP contribution in [0.1, 0.15) is 22.8 Å². The second-order valence-corrected chi connectivity index (χ2v) is 9.89. The first-order chi connectivity index (χ1) is 18.2. The lowest BCUT2D eigenvalue weighted by molar-refractivity contribution is -0.864. The van der Waals surface area contributed by atoms with Crippen LogP contribution in [0.5, 0.6) is 11.5 Å². The molecular weight excluding hydrogens is 478 g/mol. The summed E-state index contributed by atoms with van der Waals surface area (Å²) < 4.78 is 6.86. The maximum atomic E-state index is 12.7. The number of likely N-dealkylation sites (N-methyl/N-ethyl adjacent to an activating group) is 1. The first-order valence-electron chi connectivity index (χ1n) is 12.4. The van der Waals surface area contributed by atoms with E-state index in [4.69, 9.17) is 4.74 Å². The topological polar surface area (TPSA) is 93.2 Å². The van der Waals surface area contributed by atoms with Crippen molar-refractivity contribution in [3.05, 3.63) is 96.3 Å². The Balaban J connectivity index is 1.46. The van der Waals surface area contributed by atoms with E-state index in [0.29, 0.717) is 28.6 Å². The number of aryl methyl sites for hydroxylation is 1. The van der Waals surface area contributed by atoms with E-state index >= 15 is 0 Å². The van der Waals surface area contributed by atoms with E-state index in [1.807, 2.05) is 36.4 Å². The van der Waals surface area contributed by atoms with E-state index in [9.17, 15) is 9.59 Å². The van der Waals surface area contributed by atoms with Crippen molar-refractivity contribution in [3.63, 3.8) is 0 Å². The Kier molecular flexibility index (Phi) is 8.13. The summed E-state index contributed by atoms with van der Waals surface area (Å²) in [7, 11) is 6.19. The molecule has 2 aromatic heterocycles. The normalized spacial score (nSPS) is 11.5. The molecule has 0 aliphatic rings. The molecule has 194 valence electrons. The van der Waals surface area contributed by atoms with E-state index in [0.717, 1.165) is 33.9 Å². The van der Waals surface area contributed by atoms with Crippen LogP contribution in [0.2, 0.25) is 0 Å². The average molecular weight is 511 g/mol. The summed E-state index contributed by atoms with van der Waals surface area (Å²) >= 11 is 0. The van der Waals surface area contributed by atoms with Gasteiger partial charge in [-0.15, -0.1) is 0 Å². The van der Waals surface area contributed by atoms with Crippen molar-refractivity contribution in [2.75, 3.05) is 38.3 Å². The molecule has 2 N–H and O–H groups in total. The third-order valence-electron chi connectivity index (χ3n) is 5.71. The molecule has 8 heteroatoms. The predicted octanol–water partition coefficient (Wildman–Crippen LogP) is 5.44. The van der Waals surface area contributed by atoms with E-state index in [2.05, 4.69) is 48.7 Å². The number of pyridine rings is 2. The number of nitrogens with zero attached hydrogens (tertiary/aromatic N) is 3. The number of hydrogen-bond donors (Lipinski definition) is 2. The maximum Gasteiger partial charge on any atom is 0.256 e. The van der Waals surface area contributed by atoms with Crippen LogP contribution >= 0.6 is 0 Å². The van der Waals surface area contributed by atoms with Crippen molar-refractivity contribution in [2.24, 2.45) is 0 Å². The Morgan fingerprint density at radius 3 is 2.42 bits per heavy atom. The van der Waals surface area contributed by atoms with Gasteiger partial charge < -0.3 is 19.9 Å². The van der Waals surface area contributed by atoms with Crippen LogP contribution in [0.15, 0.2) is 85.2 Å². The van der Waals surface area contributed by atoms with Crippen molar-refractivity contribution in [1.82, 2.24) is 9.97 Å². The number of benzene rings is 2. The Morgan fingerprint density at radius 1 is 0.921 bits per heavy atom. The van der Waals surface area contributed by atoms with Crippen LogP contribution < -0.4 is 15.4 Å². The zero-order valence-electron chi connectivity index (χ0n) is 22.1. The molecule has 0 unspecified atom stereocenters. The van der Waals surface area contributed by atoms with E-state index in [1.54, 1.807) is 48.8 Å². The second-order valence-electron chi connectivity index (χ2n) is 9.89. The number of quaternary nitrogens is 1. The molecule has 2 heterocycles. The van der Waals surface area contributed by atoms with E-state index in [-0.39, 0.29) is 11.8 Å². The molecule has 0 aliphatic heterocycles. The number of carbonyl (C=O) groups is 2. The van der Waals surface area contributed by atoms with Crippen LogP contribution in [-0.4, -0.2) is 54.0 Å². The number of anilines is 2. The molecular formula is C30H32N5O3+. The Hall–Kier alpha value is -4.56. The van der Waals surface area contributed by atoms with Gasteiger partial charge >= 0.3 is 0 Å². The van der Waals surface area contributed by atoms with Gasteiger partial charge in [-0.2, -0.15) is 0 Å². The number of hydrogen-bond acceptors (Lipinski definition) is 5. The van der Waals surface area contributed by atoms with Crippen LogP contribution in [0.25, 0.3) is 10.9 Å². The highest BCUT2D eigenvalue weighted by Crippen LogP contribution is 2.31. The third kappa shape index (κ3) is 7.24. The summed E-state index contributed by atoms with van der Waals surface area (Å²) in [6.07, 6.45) is 7.62. The average Bonchev–Trinajstić information content (AvgIpc) is 2.89. The highest BCUT2D eigenvalue weighted by molar-refractivity contribution is 6.04. The fourth-order valence-electron chi connectivity index (χ4n) is 3.70. The smallest absolute Gasteiger partial charge is 0.256 e. The first kappa shape index (κ1) is 26.5. The van der Waals surface area contributed by atoms with Crippen molar-refractivity contribution >= 4 is 34.2 Å². The molecule has 0 fully saturated rings. The highest BCUT2D eigenvalue weighted by Gasteiger charge is 2.10. The lowest BCUT2D eigenvalue weighted by Gasteiger charge is -2.21. The third-order valence-corrected chi connectivity index (χ3v) is 5.71. The molecule has 4 aromatic rings. The molecule has 0 radical (unpaired) electrons. The quantitative estimate of drug-likeness (QED) is 0.231. The van der Waals surface area contributed by atoms with E-state index < -0.39 is 0 Å². The number of ether oxygens (including phenoxy) is 1. The van der Waals surface area contributed by atoms with Gasteiger partial charge in [-0.25, -0.2) is 4.98 Å². The van der Waals surface area contributed by atoms with E-state index in [1.165, 1.54) is 0 Å². The number of nitrogens with one attached hydrogen (secondary N) is 2. The van der Waals surface area contributed by atoms with Gasteiger partial charge in [0.25, 0.3) is 5.91 Å². The molecule has 0 saturated heterocycles. The fourth-order valence-corrected chi connectivity index (χ4v) is 3.70. The van der Waals surface area contributed by atoms with Gasteiger partial charge in [0.1, 0.15) is 17.3 Å². The molecule has 0 atom stereocenters. The fraction of sp³-hybridized carbons (Fsp3) is 0.200. The van der Waals surface area contributed by atoms with Gasteiger partial charge in [-0.05, 0) is 78.7 Å². The number of fused-ring (bicyclic) bond motifs is 1. The Bertz CT molecular complexity index is 1470. The SMILES string of the molecule is CCc1ccnc(NC(=O)c2ccc(Oc3ccnc4ccc(NC(=O)/C=C/C[N+](C)(C)C)cc34)cc2)c1. The molecule has 2 aromatic carbocycles. The molecule has 2 amide bonds. The van der Waals surface area contributed by atoms with Gasteiger partial charge in [-0.3, -0.25) is 14.6 Å². The largest absolute Gasteiger partial charge is 0.457 e. The molecule has 8 nitrogen and oxygen atoms in total. The minimum absolute atomic E-state index is 0.199. The molecule has 0 bridgehead atoms. The highest BCUT2D eigenvalue weighted by atomic mass is 16.5. The summed E-state index contributed by atoms with van der Waals surface area (Å²) in [5, 5.41) is 6.48. The zero-order chi connectivity index (χ0) is 27.1. The number of aromatic nitrogens is 2. The molecule has 0 aliphatic carbocycles. The lowest BCUT2D eigenvalue weighted by Crippen LogP contribution is -2.34. The van der Waals surface area contributed by atoms with Gasteiger partial charge in [-0.1, -0.05) is 6.92 Å². The first-order valence-corrected chi connectivity index (χ1v) is 12.4. The van der Waals surface area contributed by atoms with Gasteiger partial charge in [0.05, 0.1) is 33.2 Å². The second kappa shape index (κ2) is 11.7. The lowest BCUT2D eigenvalue weighted by atomic mass is 10.1. The predicted molar refractivity (Wildman–Crippen MR) is 150 cm³/mol. The van der Waals surface area contributed by atoms with Crippen molar-refractivity contribution in [1.29, 1.82) is 0 Å². The minimum Gasteiger partial charge on any atom is -0.457 e. The van der Waals surface area contributed by atoms with Crippen LogP contribution in [0, 0.1) is 0 Å². The minimum atomic E-state index is -0.248. The van der Waals surface area contributed by atoms with Crippen molar-refractivity contribution in [2.45, 2.75) is 13.3 Å². The van der Waals surface area contributed by atoms with Crippen LogP contribution in [-0.2, 0) is 11.2 Å². The number of amides is 2. The van der Waals surface area contributed by atoms with Gasteiger partial charge in [0, 0.05) is 35.1 Å². The standard InChI is InChI=1S/C30H31N5O3/c1-5-21-14-16-32-28(19-21)34-30(37)22-8-11-24(12-9-22)38-27-15-17-31-26-13-10-23(20-25(26)27)33-29(36)7-6-18-35(2,3)4/h6-17,19-20H,5,18H2,1-4H3,(H-,32,33,34,36,37)/p+1/b7-6+. The summed E-state index contributed by atoms with van der Waals surface area (Å²) in [5.41, 5.74) is 2.97. The summed E-state index contributed by atoms with van der Waals surface area (Å²) in [4.78, 5) is 33.6. The van der Waals surface area contributed by atoms with Crippen molar-refractivity contribution in [3.8, 4) is 11.5 Å². The number of carbonyl (C=O) groups excluding carboxylic acids is 2. The van der Waals surface area contributed by atoms with Gasteiger partial charge in [0.2, 0.25) is 5.91 Å². The summed E-state index contributed by atoms with van der Waals surface area (Å²) in [5.74, 6) is 1.23. The van der Waals surface area contributed by atoms with Gasteiger partial charge in [0.15, 0.2) is 0 Å². The molecule has 0 spiro atoms. The zero-order valence-corrected chi connectivity index (χ0v) is 22.1. The Labute approximate surface area is 222 Å². The Morgan fingerprint density at radius 2 is 1.68 bits per heavy atom. The molecule has 38 heavy (non-hydrogen) atoms.